The van der Waals surface area contributed by atoms with Crippen LogP contribution in [0.3, 0.4) is 0 Å². The molecule has 0 saturated carbocycles. The van der Waals surface area contributed by atoms with Gasteiger partial charge in [-0.25, -0.2) is 0 Å². The summed E-state index contributed by atoms with van der Waals surface area (Å²) in [5.41, 5.74) is 0. The summed E-state index contributed by atoms with van der Waals surface area (Å²) in [4.78, 5) is 2.68. The van der Waals surface area contributed by atoms with Gasteiger partial charge in [0.05, 0.1) is 12.7 Å². The molecule has 104 valence electrons. The smallest absolute Gasteiger partial charge is 0.147 e. The summed E-state index contributed by atoms with van der Waals surface area (Å²) in [6, 6.07) is 1.47. The zero-order valence-electron chi connectivity index (χ0n) is 11.3. The van der Waals surface area contributed by atoms with Crippen molar-refractivity contribution in [2.24, 2.45) is 0 Å². The van der Waals surface area contributed by atoms with E-state index in [1.807, 2.05) is 0 Å². The Balaban J connectivity index is 1.56. The zero-order valence-corrected chi connectivity index (χ0v) is 11.3. The predicted molar refractivity (Wildman–Crippen MR) is 70.5 cm³/mol. The molecule has 3 aliphatic rings. The second kappa shape index (κ2) is 6.33. The van der Waals surface area contributed by atoms with E-state index in [0.29, 0.717) is 12.9 Å². The maximum atomic E-state index is 5.71. The number of piperidine rings is 1. The number of hydrogen-bond acceptors (Lipinski definition) is 4. The van der Waals surface area contributed by atoms with Crippen molar-refractivity contribution in [3.8, 4) is 0 Å². The number of nitrogens with one attached hydrogen (secondary N) is 1. The SMILES string of the molecule is C1CNC(C2CCCCN2CC2CCOCO2)C1. The van der Waals surface area contributed by atoms with E-state index in [2.05, 4.69) is 10.2 Å². The molecule has 1 N–H and O–H groups in total. The predicted octanol–water partition coefficient (Wildman–Crippen LogP) is 1.36. The zero-order chi connectivity index (χ0) is 12.2. The van der Waals surface area contributed by atoms with Crippen molar-refractivity contribution in [3.05, 3.63) is 0 Å². The molecule has 3 fully saturated rings. The Morgan fingerprint density at radius 1 is 1.11 bits per heavy atom. The molecule has 3 aliphatic heterocycles. The lowest BCUT2D eigenvalue weighted by molar-refractivity contribution is -0.148. The van der Waals surface area contributed by atoms with Crippen LogP contribution in [0.2, 0.25) is 0 Å². The first-order valence-electron chi connectivity index (χ1n) is 7.60. The van der Waals surface area contributed by atoms with Gasteiger partial charge in [-0.05, 0) is 45.2 Å². The molecule has 0 aliphatic carbocycles. The van der Waals surface area contributed by atoms with E-state index in [0.717, 1.165) is 31.7 Å². The van der Waals surface area contributed by atoms with Crippen LogP contribution in [0.25, 0.3) is 0 Å². The molecule has 3 atom stereocenters. The summed E-state index contributed by atoms with van der Waals surface area (Å²) < 4.78 is 11.0. The van der Waals surface area contributed by atoms with Crippen LogP contribution in [-0.4, -0.2) is 56.1 Å². The highest BCUT2D eigenvalue weighted by Crippen LogP contribution is 2.25. The molecule has 3 saturated heterocycles. The van der Waals surface area contributed by atoms with Crippen LogP contribution >= 0.6 is 0 Å². The highest BCUT2D eigenvalue weighted by Gasteiger charge is 2.33. The van der Waals surface area contributed by atoms with E-state index >= 15 is 0 Å². The maximum absolute atomic E-state index is 5.71. The van der Waals surface area contributed by atoms with Crippen LogP contribution in [0, 0.1) is 0 Å². The van der Waals surface area contributed by atoms with Crippen LogP contribution < -0.4 is 5.32 Å². The fourth-order valence-corrected chi connectivity index (χ4v) is 3.65. The molecule has 4 heteroatoms. The molecule has 0 aromatic rings. The molecule has 0 radical (unpaired) electrons. The van der Waals surface area contributed by atoms with Crippen LogP contribution in [0.15, 0.2) is 0 Å². The van der Waals surface area contributed by atoms with Gasteiger partial charge in [0.2, 0.25) is 0 Å². The van der Waals surface area contributed by atoms with Gasteiger partial charge in [-0.15, -0.1) is 0 Å². The first-order valence-corrected chi connectivity index (χ1v) is 7.60. The van der Waals surface area contributed by atoms with E-state index in [4.69, 9.17) is 9.47 Å². The van der Waals surface area contributed by atoms with Crippen molar-refractivity contribution in [3.63, 3.8) is 0 Å². The lowest BCUT2D eigenvalue weighted by Gasteiger charge is -2.41. The Morgan fingerprint density at radius 3 is 2.89 bits per heavy atom. The average molecular weight is 254 g/mol. The Hall–Kier alpha value is -0.160. The molecular formula is C14H26N2O2. The normalized spacial score (nSPS) is 39.0. The van der Waals surface area contributed by atoms with Gasteiger partial charge in [0, 0.05) is 18.6 Å². The van der Waals surface area contributed by atoms with Gasteiger partial charge in [0.1, 0.15) is 6.79 Å². The van der Waals surface area contributed by atoms with Gasteiger partial charge < -0.3 is 14.8 Å². The standard InChI is InChI=1S/C14H26N2O2/c1-2-8-16(10-12-6-9-17-11-18-12)14(5-1)13-4-3-7-15-13/h12-15H,1-11H2. The average Bonchev–Trinajstić information content (AvgIpc) is 2.94. The lowest BCUT2D eigenvalue weighted by Crippen LogP contribution is -2.53. The van der Waals surface area contributed by atoms with E-state index in [1.54, 1.807) is 0 Å². The lowest BCUT2D eigenvalue weighted by atomic mass is 9.94. The number of likely N-dealkylation sites (tertiary alicyclic amines) is 1. The summed E-state index contributed by atoms with van der Waals surface area (Å²) in [5.74, 6) is 0. The van der Waals surface area contributed by atoms with Gasteiger partial charge >= 0.3 is 0 Å². The van der Waals surface area contributed by atoms with E-state index < -0.39 is 0 Å². The topological polar surface area (TPSA) is 33.7 Å². The van der Waals surface area contributed by atoms with Crippen molar-refractivity contribution < 1.29 is 9.47 Å². The molecule has 0 bridgehead atoms. The molecule has 0 aromatic heterocycles. The minimum absolute atomic E-state index is 0.390. The van der Waals surface area contributed by atoms with E-state index in [1.165, 1.54) is 45.2 Å². The van der Waals surface area contributed by atoms with Gasteiger partial charge in [0.15, 0.2) is 0 Å². The Kier molecular flexibility index (Phi) is 4.52. The minimum Gasteiger partial charge on any atom is -0.355 e. The van der Waals surface area contributed by atoms with Crippen LogP contribution in [0.4, 0.5) is 0 Å². The second-order valence-electron chi connectivity index (χ2n) is 5.86. The Labute approximate surface area is 110 Å². The Bertz CT molecular complexity index is 250. The van der Waals surface area contributed by atoms with Crippen molar-refractivity contribution in [2.45, 2.75) is 56.7 Å². The molecule has 18 heavy (non-hydrogen) atoms. The molecule has 3 heterocycles. The van der Waals surface area contributed by atoms with E-state index in [-0.39, 0.29) is 0 Å². The van der Waals surface area contributed by atoms with Crippen molar-refractivity contribution in [1.29, 1.82) is 0 Å². The van der Waals surface area contributed by atoms with E-state index in [9.17, 15) is 0 Å². The van der Waals surface area contributed by atoms with Gasteiger partial charge in [-0.1, -0.05) is 6.42 Å². The molecule has 0 spiro atoms. The maximum Gasteiger partial charge on any atom is 0.147 e. The third kappa shape index (κ3) is 3.05. The van der Waals surface area contributed by atoms with Crippen molar-refractivity contribution >= 4 is 0 Å². The molecule has 4 nitrogen and oxygen atoms in total. The first-order chi connectivity index (χ1) is 8.93. The summed E-state index contributed by atoms with van der Waals surface area (Å²) in [6.07, 6.45) is 8.27. The monoisotopic (exact) mass is 254 g/mol. The van der Waals surface area contributed by atoms with Crippen LogP contribution in [-0.2, 0) is 9.47 Å². The van der Waals surface area contributed by atoms with Gasteiger partial charge in [0.25, 0.3) is 0 Å². The molecule has 0 aromatic carbocycles. The number of ether oxygens (including phenoxy) is 2. The van der Waals surface area contributed by atoms with Gasteiger partial charge in [-0.2, -0.15) is 0 Å². The molecular weight excluding hydrogens is 228 g/mol. The summed E-state index contributed by atoms with van der Waals surface area (Å²) >= 11 is 0. The fraction of sp³-hybridized carbons (Fsp3) is 1.00. The quantitative estimate of drug-likeness (QED) is 0.824. The first kappa shape index (κ1) is 12.9. The molecule has 3 unspecified atom stereocenters. The van der Waals surface area contributed by atoms with Crippen molar-refractivity contribution in [1.82, 2.24) is 10.2 Å². The van der Waals surface area contributed by atoms with Crippen LogP contribution in [0.1, 0.15) is 38.5 Å². The van der Waals surface area contributed by atoms with Crippen LogP contribution in [0.5, 0.6) is 0 Å². The summed E-state index contributed by atoms with van der Waals surface area (Å²) in [7, 11) is 0. The number of nitrogens with zero attached hydrogens (tertiary/aromatic N) is 1. The Morgan fingerprint density at radius 2 is 2.11 bits per heavy atom. The summed E-state index contributed by atoms with van der Waals surface area (Å²) in [6.45, 7) is 4.92. The fourth-order valence-electron chi connectivity index (χ4n) is 3.65. The van der Waals surface area contributed by atoms with Crippen molar-refractivity contribution in [2.75, 3.05) is 33.0 Å². The molecule has 0 amide bonds. The minimum atomic E-state index is 0.390. The highest BCUT2D eigenvalue weighted by molar-refractivity contribution is 4.91. The number of rotatable bonds is 3. The van der Waals surface area contributed by atoms with Gasteiger partial charge in [-0.3, -0.25) is 4.90 Å². The summed E-state index contributed by atoms with van der Waals surface area (Å²) in [5, 5.41) is 3.69. The third-order valence-corrected chi connectivity index (χ3v) is 4.64. The molecule has 3 rings (SSSR count). The largest absolute Gasteiger partial charge is 0.355 e. The highest BCUT2D eigenvalue weighted by atomic mass is 16.7. The second-order valence-corrected chi connectivity index (χ2v) is 5.86. The number of hydrogen-bond donors (Lipinski definition) is 1. The third-order valence-electron chi connectivity index (χ3n) is 4.64.